The lowest BCUT2D eigenvalue weighted by atomic mass is 10.0. The number of cyclic esters (lactones) is 1. The van der Waals surface area contributed by atoms with Gasteiger partial charge in [-0.25, -0.2) is 9.18 Å². The number of hydrogen-bond acceptors (Lipinski definition) is 4. The summed E-state index contributed by atoms with van der Waals surface area (Å²) in [5.74, 6) is -1.47. The highest BCUT2D eigenvalue weighted by Gasteiger charge is 2.38. The van der Waals surface area contributed by atoms with Crippen molar-refractivity contribution in [2.24, 2.45) is 11.7 Å². The van der Waals surface area contributed by atoms with Gasteiger partial charge in [0.15, 0.2) is 0 Å². The summed E-state index contributed by atoms with van der Waals surface area (Å²) in [7, 11) is 0. The molecule has 0 spiro atoms. The molecule has 1 unspecified atom stereocenters. The summed E-state index contributed by atoms with van der Waals surface area (Å²) in [4.78, 5) is 26.5. The van der Waals surface area contributed by atoms with Gasteiger partial charge in [0.05, 0.1) is 23.8 Å². The van der Waals surface area contributed by atoms with Crippen molar-refractivity contribution in [1.29, 1.82) is 0 Å². The monoisotopic (exact) mass is 321 g/mol. The SMILES string of the molecule is C[C@H](C(N)=O)C1CN(c2ccc(N3CCCC3)c(F)c2)C(=O)O1. The van der Waals surface area contributed by atoms with Gasteiger partial charge in [-0.15, -0.1) is 0 Å². The van der Waals surface area contributed by atoms with E-state index in [1.165, 1.54) is 11.0 Å². The van der Waals surface area contributed by atoms with Crippen molar-refractivity contribution >= 4 is 23.4 Å². The highest BCUT2D eigenvalue weighted by Crippen LogP contribution is 2.30. The molecule has 2 N–H and O–H groups in total. The van der Waals surface area contributed by atoms with Crippen LogP contribution in [0.25, 0.3) is 0 Å². The second kappa shape index (κ2) is 6.06. The highest BCUT2D eigenvalue weighted by atomic mass is 19.1. The molecule has 2 amide bonds. The minimum Gasteiger partial charge on any atom is -0.443 e. The number of primary amides is 1. The summed E-state index contributed by atoms with van der Waals surface area (Å²) in [5, 5.41) is 0. The number of carbonyl (C=O) groups excluding carboxylic acids is 2. The summed E-state index contributed by atoms with van der Waals surface area (Å²) >= 11 is 0. The summed E-state index contributed by atoms with van der Waals surface area (Å²) in [5.41, 5.74) is 6.23. The van der Waals surface area contributed by atoms with Crippen molar-refractivity contribution in [3.8, 4) is 0 Å². The van der Waals surface area contributed by atoms with Gasteiger partial charge in [-0.3, -0.25) is 9.69 Å². The third kappa shape index (κ3) is 2.95. The molecular weight excluding hydrogens is 301 g/mol. The summed E-state index contributed by atoms with van der Waals surface area (Å²) in [6, 6.07) is 4.73. The number of amides is 2. The van der Waals surface area contributed by atoms with E-state index in [4.69, 9.17) is 10.5 Å². The first-order valence-electron chi connectivity index (χ1n) is 7.79. The largest absolute Gasteiger partial charge is 0.443 e. The maximum absolute atomic E-state index is 14.4. The van der Waals surface area contributed by atoms with E-state index >= 15 is 0 Å². The second-order valence-corrected chi connectivity index (χ2v) is 6.05. The average Bonchev–Trinajstić information content (AvgIpc) is 3.15. The maximum atomic E-state index is 14.4. The number of nitrogens with zero attached hydrogens (tertiary/aromatic N) is 2. The van der Waals surface area contributed by atoms with Gasteiger partial charge in [-0.05, 0) is 38.0 Å². The van der Waals surface area contributed by atoms with Crippen LogP contribution in [0.5, 0.6) is 0 Å². The first-order chi connectivity index (χ1) is 11.0. The molecule has 0 bridgehead atoms. The van der Waals surface area contributed by atoms with Crippen LogP contribution < -0.4 is 15.5 Å². The molecule has 0 saturated carbocycles. The van der Waals surface area contributed by atoms with Crippen LogP contribution in [0, 0.1) is 11.7 Å². The predicted octanol–water partition coefficient (Wildman–Crippen LogP) is 1.87. The lowest BCUT2D eigenvalue weighted by molar-refractivity contribution is -0.123. The third-order valence-electron chi connectivity index (χ3n) is 4.53. The van der Waals surface area contributed by atoms with Crippen molar-refractivity contribution < 1.29 is 18.7 Å². The standard InChI is InChI=1S/C16H20FN3O3/c1-10(15(18)21)14-9-20(16(22)23-14)11-4-5-13(12(17)8-11)19-6-2-3-7-19/h4-5,8,10,14H,2-3,6-7,9H2,1H3,(H2,18,21)/t10-,14?/m0/s1. The second-order valence-electron chi connectivity index (χ2n) is 6.05. The molecule has 6 nitrogen and oxygen atoms in total. The van der Waals surface area contributed by atoms with E-state index in [2.05, 4.69) is 0 Å². The van der Waals surface area contributed by atoms with Gasteiger partial charge in [-0.2, -0.15) is 0 Å². The lowest BCUT2D eigenvalue weighted by Gasteiger charge is -2.20. The lowest BCUT2D eigenvalue weighted by Crippen LogP contribution is -2.34. The molecule has 7 heteroatoms. The zero-order chi connectivity index (χ0) is 16.6. The predicted molar refractivity (Wildman–Crippen MR) is 83.8 cm³/mol. The number of ether oxygens (including phenoxy) is 1. The van der Waals surface area contributed by atoms with Crippen molar-refractivity contribution in [2.45, 2.75) is 25.9 Å². The molecule has 1 aromatic rings. The number of halogens is 1. The Hall–Kier alpha value is -2.31. The van der Waals surface area contributed by atoms with E-state index in [9.17, 15) is 14.0 Å². The van der Waals surface area contributed by atoms with Gasteiger partial charge < -0.3 is 15.4 Å². The molecule has 0 aromatic heterocycles. The van der Waals surface area contributed by atoms with E-state index in [0.717, 1.165) is 25.9 Å². The van der Waals surface area contributed by atoms with E-state index in [0.29, 0.717) is 11.4 Å². The van der Waals surface area contributed by atoms with Crippen LogP contribution in [0.2, 0.25) is 0 Å². The van der Waals surface area contributed by atoms with Gasteiger partial charge in [0, 0.05) is 13.1 Å². The average molecular weight is 321 g/mol. The van der Waals surface area contributed by atoms with E-state index < -0.39 is 24.0 Å². The van der Waals surface area contributed by atoms with E-state index in [1.54, 1.807) is 19.1 Å². The minimum absolute atomic E-state index is 0.186. The van der Waals surface area contributed by atoms with Crippen molar-refractivity contribution in [2.75, 3.05) is 29.4 Å². The Morgan fingerprint density at radius 3 is 2.70 bits per heavy atom. The molecule has 2 aliphatic heterocycles. The van der Waals surface area contributed by atoms with Crippen LogP contribution in [0.1, 0.15) is 19.8 Å². The molecule has 1 aromatic carbocycles. The molecule has 2 heterocycles. The Balaban J connectivity index is 1.78. The molecule has 0 radical (unpaired) electrons. The smallest absolute Gasteiger partial charge is 0.414 e. The van der Waals surface area contributed by atoms with Crippen LogP contribution in [-0.4, -0.2) is 37.7 Å². The number of hydrogen-bond donors (Lipinski definition) is 1. The number of carbonyl (C=O) groups is 2. The van der Waals surface area contributed by atoms with Gasteiger partial charge in [0.25, 0.3) is 0 Å². The summed E-state index contributed by atoms with van der Waals surface area (Å²) in [6.07, 6.45) is 0.927. The Kier molecular flexibility index (Phi) is 4.11. The molecule has 23 heavy (non-hydrogen) atoms. The molecule has 124 valence electrons. The van der Waals surface area contributed by atoms with Crippen LogP contribution in [0.4, 0.5) is 20.6 Å². The minimum atomic E-state index is -0.610. The maximum Gasteiger partial charge on any atom is 0.414 e. The van der Waals surface area contributed by atoms with Gasteiger partial charge >= 0.3 is 6.09 Å². The number of rotatable bonds is 4. The van der Waals surface area contributed by atoms with Gasteiger partial charge in [0.1, 0.15) is 11.9 Å². The fraction of sp³-hybridized carbons (Fsp3) is 0.500. The topological polar surface area (TPSA) is 75.9 Å². The molecule has 2 fully saturated rings. The summed E-state index contributed by atoms with van der Waals surface area (Å²) in [6.45, 7) is 3.49. The fourth-order valence-electron chi connectivity index (χ4n) is 3.02. The zero-order valence-corrected chi connectivity index (χ0v) is 13.0. The van der Waals surface area contributed by atoms with Crippen molar-refractivity contribution in [1.82, 2.24) is 0 Å². The quantitative estimate of drug-likeness (QED) is 0.918. The molecule has 2 aliphatic rings. The number of nitrogens with two attached hydrogens (primary N) is 1. The fourth-order valence-corrected chi connectivity index (χ4v) is 3.02. The molecule has 2 saturated heterocycles. The van der Waals surface area contributed by atoms with Gasteiger partial charge in [-0.1, -0.05) is 0 Å². The van der Waals surface area contributed by atoms with Crippen LogP contribution >= 0.6 is 0 Å². The first-order valence-corrected chi connectivity index (χ1v) is 7.79. The Morgan fingerprint density at radius 1 is 1.39 bits per heavy atom. The zero-order valence-electron chi connectivity index (χ0n) is 13.0. The van der Waals surface area contributed by atoms with Crippen LogP contribution in [-0.2, 0) is 9.53 Å². The van der Waals surface area contributed by atoms with E-state index in [-0.39, 0.29) is 12.4 Å². The summed E-state index contributed by atoms with van der Waals surface area (Å²) < 4.78 is 19.5. The Morgan fingerprint density at radius 2 is 2.09 bits per heavy atom. The van der Waals surface area contributed by atoms with E-state index in [1.807, 2.05) is 4.90 Å². The number of benzene rings is 1. The highest BCUT2D eigenvalue weighted by molar-refractivity contribution is 5.91. The van der Waals surface area contributed by atoms with Crippen LogP contribution in [0.15, 0.2) is 18.2 Å². The third-order valence-corrected chi connectivity index (χ3v) is 4.53. The molecule has 0 aliphatic carbocycles. The van der Waals surface area contributed by atoms with Crippen molar-refractivity contribution in [3.63, 3.8) is 0 Å². The first kappa shape index (κ1) is 15.6. The molecule has 3 rings (SSSR count). The molecule has 2 atom stereocenters. The van der Waals surface area contributed by atoms with Crippen molar-refractivity contribution in [3.05, 3.63) is 24.0 Å². The number of anilines is 2. The normalized spacial score (nSPS) is 22.3. The molecular formula is C16H20FN3O3. The Labute approximate surface area is 134 Å². The van der Waals surface area contributed by atoms with Crippen LogP contribution in [0.3, 0.4) is 0 Å². The Bertz CT molecular complexity index is 631. The van der Waals surface area contributed by atoms with Gasteiger partial charge in [0.2, 0.25) is 5.91 Å².